The molecule has 1 aliphatic heterocycles. The fourth-order valence-electron chi connectivity index (χ4n) is 4.50. The number of halogens is 3. The molecule has 12 heteroatoms. The first-order valence-electron chi connectivity index (χ1n) is 11.8. The van der Waals surface area contributed by atoms with Crippen molar-refractivity contribution in [3.63, 3.8) is 0 Å². The number of fused-ring (bicyclic) bond motifs is 1. The Balaban J connectivity index is 1.26. The van der Waals surface area contributed by atoms with Gasteiger partial charge in [0.2, 0.25) is 5.88 Å². The Hall–Kier alpha value is -4.22. The number of nitrogens with zero attached hydrogens (tertiary/aromatic N) is 7. The van der Waals surface area contributed by atoms with E-state index in [1.807, 2.05) is 12.1 Å². The molecule has 1 fully saturated rings. The van der Waals surface area contributed by atoms with Crippen molar-refractivity contribution in [2.75, 3.05) is 24.0 Å². The molecule has 0 atom stereocenters. The third kappa shape index (κ3) is 4.32. The Morgan fingerprint density at radius 2 is 1.89 bits per heavy atom. The van der Waals surface area contributed by atoms with Gasteiger partial charge in [-0.3, -0.25) is 0 Å². The normalized spacial score (nSPS) is 15.0. The third-order valence-corrected chi connectivity index (χ3v) is 6.48. The van der Waals surface area contributed by atoms with Gasteiger partial charge in [-0.15, -0.1) is 0 Å². The minimum Gasteiger partial charge on any atom is -0.480 e. The van der Waals surface area contributed by atoms with E-state index >= 15 is 0 Å². The molecular weight excluding hydrogens is 485 g/mol. The number of methoxy groups -OCH3 is 1. The molecule has 2 aliphatic rings. The molecule has 6 rings (SSSR count). The van der Waals surface area contributed by atoms with Crippen LogP contribution in [0.1, 0.15) is 41.4 Å². The molecule has 0 spiro atoms. The van der Waals surface area contributed by atoms with Gasteiger partial charge in [-0.05, 0) is 43.5 Å². The zero-order chi connectivity index (χ0) is 25.7. The highest BCUT2D eigenvalue weighted by Crippen LogP contribution is 2.45. The van der Waals surface area contributed by atoms with Gasteiger partial charge in [0.25, 0.3) is 0 Å². The number of ether oxygens (including phenoxy) is 1. The average molecular weight is 509 g/mol. The first-order chi connectivity index (χ1) is 17.8. The fraction of sp³-hybridized carbons (Fsp3) is 0.320. The van der Waals surface area contributed by atoms with Gasteiger partial charge in [0.05, 0.1) is 37.0 Å². The summed E-state index contributed by atoms with van der Waals surface area (Å²) in [5.41, 5.74) is 3.48. The molecule has 3 aromatic heterocycles. The molecule has 1 N–H and O–H groups in total. The quantitative estimate of drug-likeness (QED) is 0.400. The largest absolute Gasteiger partial charge is 0.480 e. The van der Waals surface area contributed by atoms with E-state index in [4.69, 9.17) is 9.72 Å². The summed E-state index contributed by atoms with van der Waals surface area (Å²) < 4.78 is 45.9. The first kappa shape index (κ1) is 23.2. The van der Waals surface area contributed by atoms with Crippen LogP contribution in [-0.4, -0.2) is 43.5 Å². The Bertz CT molecular complexity index is 1460. The number of aryl methyl sites for hydroxylation is 1. The zero-order valence-corrected chi connectivity index (χ0v) is 20.1. The SMILES string of the molecule is COc1ncnc(C2CC2)c1-c1ncc2c(n1)N(Cc1ccc(-n3nc(C(F)(F)F)cc3C)cc1)CN2. The number of benzene rings is 1. The van der Waals surface area contributed by atoms with Gasteiger partial charge in [0.1, 0.15) is 11.9 Å². The zero-order valence-electron chi connectivity index (χ0n) is 20.1. The van der Waals surface area contributed by atoms with E-state index in [0.717, 1.165) is 47.2 Å². The van der Waals surface area contributed by atoms with E-state index in [-0.39, 0.29) is 0 Å². The third-order valence-electron chi connectivity index (χ3n) is 6.48. The number of nitrogens with one attached hydrogen (secondary N) is 1. The molecule has 0 bridgehead atoms. The molecule has 0 radical (unpaired) electrons. The molecule has 1 saturated carbocycles. The number of rotatable bonds is 6. The van der Waals surface area contributed by atoms with Gasteiger partial charge in [-0.1, -0.05) is 12.1 Å². The Morgan fingerprint density at radius 1 is 1.11 bits per heavy atom. The molecule has 37 heavy (non-hydrogen) atoms. The monoisotopic (exact) mass is 508 g/mol. The van der Waals surface area contributed by atoms with Crippen molar-refractivity contribution < 1.29 is 17.9 Å². The van der Waals surface area contributed by atoms with Gasteiger partial charge in [-0.2, -0.15) is 18.3 Å². The van der Waals surface area contributed by atoms with E-state index in [2.05, 4.69) is 30.3 Å². The lowest BCUT2D eigenvalue weighted by Crippen LogP contribution is -2.22. The smallest absolute Gasteiger partial charge is 0.435 e. The minimum atomic E-state index is -4.48. The highest BCUT2D eigenvalue weighted by Gasteiger charge is 2.35. The number of aromatic nitrogens is 6. The van der Waals surface area contributed by atoms with Crippen LogP contribution in [0.3, 0.4) is 0 Å². The average Bonchev–Trinajstić information content (AvgIpc) is 3.55. The molecular formula is C25H23F3N8O. The first-order valence-corrected chi connectivity index (χ1v) is 11.8. The minimum absolute atomic E-state index is 0.363. The summed E-state index contributed by atoms with van der Waals surface area (Å²) in [5.74, 6) is 2.07. The number of hydrogen-bond acceptors (Lipinski definition) is 8. The van der Waals surface area contributed by atoms with Crippen LogP contribution >= 0.6 is 0 Å². The maximum atomic E-state index is 13.0. The predicted octanol–water partition coefficient (Wildman–Crippen LogP) is 4.72. The summed E-state index contributed by atoms with van der Waals surface area (Å²) in [5, 5.41) is 7.03. The van der Waals surface area contributed by atoms with Crippen molar-refractivity contribution >= 4 is 11.5 Å². The highest BCUT2D eigenvalue weighted by molar-refractivity contribution is 5.74. The Kier molecular flexibility index (Phi) is 5.46. The summed E-state index contributed by atoms with van der Waals surface area (Å²) in [6.45, 7) is 2.68. The van der Waals surface area contributed by atoms with Gasteiger partial charge in [-0.25, -0.2) is 24.6 Å². The van der Waals surface area contributed by atoms with Gasteiger partial charge >= 0.3 is 6.18 Å². The number of alkyl halides is 3. The van der Waals surface area contributed by atoms with Crippen LogP contribution in [0.25, 0.3) is 17.1 Å². The highest BCUT2D eigenvalue weighted by atomic mass is 19.4. The Labute approximate surface area is 210 Å². The van der Waals surface area contributed by atoms with Crippen molar-refractivity contribution in [3.05, 3.63) is 65.5 Å². The van der Waals surface area contributed by atoms with E-state index in [1.165, 1.54) is 11.0 Å². The van der Waals surface area contributed by atoms with Crippen LogP contribution in [0.2, 0.25) is 0 Å². The van der Waals surface area contributed by atoms with E-state index in [1.54, 1.807) is 32.4 Å². The van der Waals surface area contributed by atoms with Crippen molar-refractivity contribution in [2.24, 2.45) is 0 Å². The second kappa shape index (κ2) is 8.71. The second-order valence-corrected chi connectivity index (χ2v) is 9.13. The van der Waals surface area contributed by atoms with Gasteiger partial charge < -0.3 is 15.0 Å². The molecule has 0 amide bonds. The maximum Gasteiger partial charge on any atom is 0.435 e. The maximum absolute atomic E-state index is 13.0. The lowest BCUT2D eigenvalue weighted by molar-refractivity contribution is -0.141. The van der Waals surface area contributed by atoms with Crippen LogP contribution < -0.4 is 15.0 Å². The van der Waals surface area contributed by atoms with E-state index in [9.17, 15) is 13.2 Å². The Morgan fingerprint density at radius 3 is 2.57 bits per heavy atom. The lowest BCUT2D eigenvalue weighted by atomic mass is 10.1. The summed E-state index contributed by atoms with van der Waals surface area (Å²) in [7, 11) is 1.57. The molecule has 0 unspecified atom stereocenters. The van der Waals surface area contributed by atoms with Gasteiger partial charge in [0.15, 0.2) is 17.3 Å². The molecule has 4 aromatic rings. The van der Waals surface area contributed by atoms with Gasteiger partial charge in [0, 0.05) is 18.2 Å². The predicted molar refractivity (Wildman–Crippen MR) is 130 cm³/mol. The summed E-state index contributed by atoms with van der Waals surface area (Å²) in [4.78, 5) is 20.2. The van der Waals surface area contributed by atoms with Crippen LogP contribution in [0.15, 0.2) is 42.9 Å². The van der Waals surface area contributed by atoms with Crippen LogP contribution in [0.4, 0.5) is 24.7 Å². The number of hydrogen-bond donors (Lipinski definition) is 1. The fourth-order valence-corrected chi connectivity index (χ4v) is 4.50. The van der Waals surface area contributed by atoms with Crippen molar-refractivity contribution in [1.29, 1.82) is 0 Å². The summed E-state index contributed by atoms with van der Waals surface area (Å²) in [6, 6.07) is 8.32. The van der Waals surface area contributed by atoms with Crippen LogP contribution in [0.5, 0.6) is 5.88 Å². The molecule has 0 saturated heterocycles. The second-order valence-electron chi connectivity index (χ2n) is 9.13. The van der Waals surface area contributed by atoms with Crippen molar-refractivity contribution in [1.82, 2.24) is 29.7 Å². The molecule has 9 nitrogen and oxygen atoms in total. The topological polar surface area (TPSA) is 93.9 Å². The summed E-state index contributed by atoms with van der Waals surface area (Å²) >= 11 is 0. The van der Waals surface area contributed by atoms with Crippen LogP contribution in [0, 0.1) is 6.92 Å². The standard InChI is InChI=1S/C25H23F3N8O/c1-14-9-19(25(26,27)28)34-36(14)17-7-3-15(4-8-17)11-35-13-32-18-10-29-22(33-23(18)35)20-21(16-5-6-16)30-12-31-24(20)37-2/h3-4,7-10,12,16,32H,5-6,11,13H2,1-2H3. The molecule has 1 aromatic carbocycles. The summed E-state index contributed by atoms with van der Waals surface area (Å²) in [6.07, 6.45) is 0.912. The van der Waals surface area contributed by atoms with E-state index in [0.29, 0.717) is 42.2 Å². The van der Waals surface area contributed by atoms with Crippen molar-refractivity contribution in [2.45, 2.75) is 38.4 Å². The molecule has 1 aliphatic carbocycles. The molecule has 190 valence electrons. The van der Waals surface area contributed by atoms with Crippen molar-refractivity contribution in [3.8, 4) is 23.0 Å². The number of anilines is 2. The lowest BCUT2D eigenvalue weighted by Gasteiger charge is -2.18. The van der Waals surface area contributed by atoms with Crippen LogP contribution in [-0.2, 0) is 12.7 Å². The van der Waals surface area contributed by atoms with E-state index < -0.39 is 11.9 Å². The molecule has 4 heterocycles.